The average molecular weight is 360 g/mol. The number of anilines is 1. The van der Waals surface area contributed by atoms with Crippen molar-refractivity contribution in [2.75, 3.05) is 5.32 Å². The Labute approximate surface area is 129 Å². The van der Waals surface area contributed by atoms with Crippen molar-refractivity contribution in [1.82, 2.24) is 4.98 Å². The van der Waals surface area contributed by atoms with Crippen molar-refractivity contribution in [1.29, 1.82) is 0 Å². The summed E-state index contributed by atoms with van der Waals surface area (Å²) in [5.74, 6) is -0.294. The van der Waals surface area contributed by atoms with Gasteiger partial charge in [0.25, 0.3) is 5.91 Å². The molecule has 1 amide bonds. The molecule has 2 aromatic rings. The second-order valence-corrected chi connectivity index (χ2v) is 5.67. The van der Waals surface area contributed by atoms with E-state index in [1.165, 1.54) is 0 Å². The molecule has 3 nitrogen and oxygen atoms in total. The zero-order chi connectivity index (χ0) is 14.0. The van der Waals surface area contributed by atoms with Gasteiger partial charge in [0.15, 0.2) is 5.15 Å². The lowest BCUT2D eigenvalue weighted by atomic mass is 10.2. The number of hydrogen-bond donors (Lipinski definition) is 1. The lowest BCUT2D eigenvalue weighted by Crippen LogP contribution is -2.12. The van der Waals surface area contributed by atoms with E-state index in [0.29, 0.717) is 16.3 Å². The predicted molar refractivity (Wildman–Crippen MR) is 81.1 cm³/mol. The molecule has 0 spiro atoms. The molecule has 1 heterocycles. The zero-order valence-corrected chi connectivity index (χ0v) is 13.0. The molecular formula is C13H9BrCl2N2O. The number of nitrogens with zero attached hydrogens (tertiary/aromatic N) is 1. The molecule has 1 aromatic heterocycles. The number of aryl methyl sites for hydroxylation is 1. The molecule has 0 saturated heterocycles. The molecule has 0 aliphatic rings. The minimum Gasteiger partial charge on any atom is -0.319 e. The Balaban J connectivity index is 2.28. The highest BCUT2D eigenvalue weighted by Crippen LogP contribution is 2.23. The average Bonchev–Trinajstić information content (AvgIpc) is 2.32. The molecule has 0 saturated carbocycles. The van der Waals surface area contributed by atoms with Gasteiger partial charge in [-0.25, -0.2) is 4.98 Å². The normalized spacial score (nSPS) is 10.3. The fourth-order valence-corrected chi connectivity index (χ4v) is 2.53. The van der Waals surface area contributed by atoms with Crippen molar-refractivity contribution in [2.24, 2.45) is 0 Å². The highest BCUT2D eigenvalue weighted by atomic mass is 79.9. The number of pyridine rings is 1. The first-order valence-corrected chi connectivity index (χ1v) is 6.90. The van der Waals surface area contributed by atoms with Gasteiger partial charge in [-0.15, -0.1) is 0 Å². The third kappa shape index (κ3) is 3.69. The van der Waals surface area contributed by atoms with E-state index in [2.05, 4.69) is 26.2 Å². The lowest BCUT2D eigenvalue weighted by Gasteiger charge is -2.08. The number of halogens is 3. The van der Waals surface area contributed by atoms with Crippen LogP contribution in [-0.2, 0) is 0 Å². The van der Waals surface area contributed by atoms with Crippen LogP contribution in [-0.4, -0.2) is 10.9 Å². The number of nitrogens with one attached hydrogen (secondary N) is 1. The van der Waals surface area contributed by atoms with E-state index >= 15 is 0 Å². The van der Waals surface area contributed by atoms with Crippen LogP contribution < -0.4 is 5.32 Å². The molecule has 1 N–H and O–H groups in total. The Hall–Kier alpha value is -1.10. The topological polar surface area (TPSA) is 42.0 Å². The van der Waals surface area contributed by atoms with Crippen LogP contribution in [0.3, 0.4) is 0 Å². The van der Waals surface area contributed by atoms with E-state index < -0.39 is 0 Å². The standard InChI is InChI=1S/C13H9BrCl2N2O/c1-7-2-11(12(16)17-6-7)18-13(19)8-3-9(14)5-10(15)4-8/h2-6H,1H3,(H,18,19). The van der Waals surface area contributed by atoms with Gasteiger partial charge in [0, 0.05) is 21.3 Å². The quantitative estimate of drug-likeness (QED) is 0.789. The van der Waals surface area contributed by atoms with Gasteiger partial charge >= 0.3 is 0 Å². The van der Waals surface area contributed by atoms with E-state index in [4.69, 9.17) is 23.2 Å². The smallest absolute Gasteiger partial charge is 0.255 e. The maximum atomic E-state index is 12.1. The second-order valence-electron chi connectivity index (χ2n) is 3.96. The van der Waals surface area contributed by atoms with Crippen LogP contribution in [0.15, 0.2) is 34.9 Å². The van der Waals surface area contributed by atoms with E-state index in [1.54, 1.807) is 30.5 Å². The molecule has 0 bridgehead atoms. The summed E-state index contributed by atoms with van der Waals surface area (Å²) in [7, 11) is 0. The maximum Gasteiger partial charge on any atom is 0.255 e. The molecule has 0 atom stereocenters. The SMILES string of the molecule is Cc1cnc(Cl)c(NC(=O)c2cc(Cl)cc(Br)c2)c1. The fraction of sp³-hybridized carbons (Fsp3) is 0.0769. The summed E-state index contributed by atoms with van der Waals surface area (Å²) in [5, 5.41) is 3.44. The van der Waals surface area contributed by atoms with Gasteiger partial charge in [0.2, 0.25) is 0 Å². The van der Waals surface area contributed by atoms with Crippen LogP contribution in [0.25, 0.3) is 0 Å². The molecule has 0 aliphatic heterocycles. The number of amides is 1. The van der Waals surface area contributed by atoms with Gasteiger partial charge in [-0.05, 0) is 36.8 Å². The molecule has 1 aromatic carbocycles. The summed E-state index contributed by atoms with van der Waals surface area (Å²) in [6.45, 7) is 1.87. The van der Waals surface area contributed by atoms with Crippen LogP contribution >= 0.6 is 39.1 Å². The Kier molecular flexibility index (Phi) is 4.45. The molecule has 98 valence electrons. The molecule has 6 heteroatoms. The predicted octanol–water partition coefficient (Wildman–Crippen LogP) is 4.71. The van der Waals surface area contributed by atoms with Crippen molar-refractivity contribution < 1.29 is 4.79 Å². The minimum atomic E-state index is -0.294. The van der Waals surface area contributed by atoms with Crippen LogP contribution in [0.2, 0.25) is 10.2 Å². The Morgan fingerprint density at radius 3 is 2.68 bits per heavy atom. The third-order valence-corrected chi connectivity index (χ3v) is 3.33. The molecular weight excluding hydrogens is 351 g/mol. The van der Waals surface area contributed by atoms with Crippen LogP contribution in [0.4, 0.5) is 5.69 Å². The van der Waals surface area contributed by atoms with Crippen LogP contribution in [0.1, 0.15) is 15.9 Å². The third-order valence-electron chi connectivity index (χ3n) is 2.35. The summed E-state index contributed by atoms with van der Waals surface area (Å²) in [6, 6.07) is 6.73. The van der Waals surface area contributed by atoms with Crippen molar-refractivity contribution in [3.05, 3.63) is 56.2 Å². The fourth-order valence-electron chi connectivity index (χ4n) is 1.52. The monoisotopic (exact) mass is 358 g/mol. The summed E-state index contributed by atoms with van der Waals surface area (Å²) >= 11 is 15.1. The Bertz CT molecular complexity index is 626. The molecule has 0 fully saturated rings. The molecule has 0 radical (unpaired) electrons. The van der Waals surface area contributed by atoms with Crippen LogP contribution in [0.5, 0.6) is 0 Å². The van der Waals surface area contributed by atoms with Gasteiger partial charge in [-0.1, -0.05) is 39.1 Å². The van der Waals surface area contributed by atoms with E-state index in [-0.39, 0.29) is 11.1 Å². The van der Waals surface area contributed by atoms with Gasteiger partial charge in [-0.3, -0.25) is 4.79 Å². The summed E-state index contributed by atoms with van der Waals surface area (Å²) < 4.78 is 0.735. The zero-order valence-electron chi connectivity index (χ0n) is 9.88. The van der Waals surface area contributed by atoms with Crippen molar-refractivity contribution in [3.8, 4) is 0 Å². The summed E-state index contributed by atoms with van der Waals surface area (Å²) in [5.41, 5.74) is 1.83. The number of hydrogen-bond acceptors (Lipinski definition) is 2. The number of carbonyl (C=O) groups is 1. The Morgan fingerprint density at radius 2 is 2.00 bits per heavy atom. The number of carbonyl (C=O) groups excluding carboxylic acids is 1. The number of rotatable bonds is 2. The highest BCUT2D eigenvalue weighted by molar-refractivity contribution is 9.10. The Morgan fingerprint density at radius 1 is 1.26 bits per heavy atom. The van der Waals surface area contributed by atoms with E-state index in [9.17, 15) is 4.79 Å². The first-order valence-electron chi connectivity index (χ1n) is 5.35. The second kappa shape index (κ2) is 5.90. The van der Waals surface area contributed by atoms with Gasteiger partial charge in [0.05, 0.1) is 5.69 Å². The lowest BCUT2D eigenvalue weighted by molar-refractivity contribution is 0.102. The van der Waals surface area contributed by atoms with Crippen molar-refractivity contribution >= 4 is 50.7 Å². The highest BCUT2D eigenvalue weighted by Gasteiger charge is 2.11. The first-order chi connectivity index (χ1) is 8.95. The largest absolute Gasteiger partial charge is 0.319 e. The summed E-state index contributed by atoms with van der Waals surface area (Å²) in [4.78, 5) is 16.1. The molecule has 19 heavy (non-hydrogen) atoms. The van der Waals surface area contributed by atoms with Gasteiger partial charge in [-0.2, -0.15) is 0 Å². The minimum absolute atomic E-state index is 0.250. The van der Waals surface area contributed by atoms with Gasteiger partial charge < -0.3 is 5.32 Å². The number of benzene rings is 1. The first kappa shape index (κ1) is 14.3. The molecule has 0 aliphatic carbocycles. The molecule has 0 unspecified atom stereocenters. The van der Waals surface area contributed by atoms with Crippen LogP contribution in [0, 0.1) is 6.92 Å². The molecule has 2 rings (SSSR count). The number of aromatic nitrogens is 1. The maximum absolute atomic E-state index is 12.1. The van der Waals surface area contributed by atoms with Crippen molar-refractivity contribution in [2.45, 2.75) is 6.92 Å². The summed E-state index contributed by atoms with van der Waals surface area (Å²) in [6.07, 6.45) is 1.63. The van der Waals surface area contributed by atoms with Gasteiger partial charge in [0.1, 0.15) is 0 Å². The van der Waals surface area contributed by atoms with Crippen molar-refractivity contribution in [3.63, 3.8) is 0 Å². The van der Waals surface area contributed by atoms with E-state index in [0.717, 1.165) is 10.0 Å². The van der Waals surface area contributed by atoms with E-state index in [1.807, 2.05) is 6.92 Å².